The zero-order chi connectivity index (χ0) is 26.4. The number of ether oxygens (including phenoxy) is 2. The lowest BCUT2D eigenvalue weighted by molar-refractivity contribution is -0.137. The van der Waals surface area contributed by atoms with Crippen molar-refractivity contribution in [2.75, 3.05) is 25.1 Å². The molecule has 7 nitrogen and oxygen atoms in total. The van der Waals surface area contributed by atoms with Crippen molar-refractivity contribution in [3.05, 3.63) is 88.9 Å². The Morgan fingerprint density at radius 1 is 0.973 bits per heavy atom. The topological polar surface area (TPSA) is 78.3 Å². The number of benzene rings is 3. The molecule has 1 aromatic heterocycles. The van der Waals surface area contributed by atoms with Crippen molar-refractivity contribution >= 4 is 23.2 Å². The molecule has 4 aromatic rings. The third-order valence-corrected chi connectivity index (χ3v) is 5.45. The summed E-state index contributed by atoms with van der Waals surface area (Å²) in [5, 5.41) is 7.70. The predicted octanol–water partition coefficient (Wildman–Crippen LogP) is 6.27. The van der Waals surface area contributed by atoms with Crippen LogP contribution in [0.3, 0.4) is 0 Å². The second kappa shape index (κ2) is 11.4. The largest absolute Gasteiger partial charge is 0.460 e. The summed E-state index contributed by atoms with van der Waals surface area (Å²) >= 11 is 5.87. The third kappa shape index (κ3) is 6.66. The Bertz CT molecular complexity index is 1340. The molecule has 0 fully saturated rings. The molecule has 1 N–H and O–H groups in total. The molecule has 0 saturated carbocycles. The van der Waals surface area contributed by atoms with E-state index in [0.29, 0.717) is 40.7 Å². The van der Waals surface area contributed by atoms with Gasteiger partial charge in [-0.15, -0.1) is 5.10 Å². The Labute approximate surface area is 215 Å². The molecule has 192 valence electrons. The number of rotatable bonds is 9. The van der Waals surface area contributed by atoms with E-state index in [1.165, 1.54) is 16.8 Å². The van der Waals surface area contributed by atoms with E-state index in [2.05, 4.69) is 15.4 Å². The Morgan fingerprint density at radius 2 is 1.65 bits per heavy atom. The van der Waals surface area contributed by atoms with E-state index in [1.807, 2.05) is 6.92 Å². The van der Waals surface area contributed by atoms with Crippen molar-refractivity contribution in [1.29, 1.82) is 0 Å². The minimum Gasteiger partial charge on any atom is -0.460 e. The summed E-state index contributed by atoms with van der Waals surface area (Å²) in [4.78, 5) is 16.9. The van der Waals surface area contributed by atoms with Gasteiger partial charge in [0.1, 0.15) is 6.61 Å². The van der Waals surface area contributed by atoms with Crippen LogP contribution in [0, 0.1) is 0 Å². The number of nitrogens with one attached hydrogen (secondary N) is 1. The first-order valence-electron chi connectivity index (χ1n) is 11.3. The first-order valence-corrected chi connectivity index (χ1v) is 11.6. The molecule has 0 bridgehead atoms. The number of carbonyl (C=O) groups excluding carboxylic acids is 1. The fraction of sp³-hybridized carbons (Fsp3) is 0.192. The quantitative estimate of drug-likeness (QED) is 0.258. The Kier molecular flexibility index (Phi) is 8.10. The number of aromatic nitrogens is 3. The molecule has 37 heavy (non-hydrogen) atoms. The van der Waals surface area contributed by atoms with Gasteiger partial charge in [-0.25, -0.2) is 4.68 Å². The van der Waals surface area contributed by atoms with Gasteiger partial charge in [-0.05, 0) is 67.6 Å². The highest BCUT2D eigenvalue weighted by molar-refractivity contribution is 6.30. The van der Waals surface area contributed by atoms with Gasteiger partial charge in [0.2, 0.25) is 0 Å². The van der Waals surface area contributed by atoms with Gasteiger partial charge < -0.3 is 14.8 Å². The number of hydrogen-bond donors (Lipinski definition) is 1. The number of alkyl halides is 3. The molecule has 0 spiro atoms. The number of anilines is 1. The fourth-order valence-electron chi connectivity index (χ4n) is 3.36. The smallest absolute Gasteiger partial charge is 0.416 e. The molecule has 0 aliphatic rings. The maximum absolute atomic E-state index is 13.0. The van der Waals surface area contributed by atoms with E-state index in [0.717, 1.165) is 12.1 Å². The van der Waals surface area contributed by atoms with Crippen molar-refractivity contribution in [3.63, 3.8) is 0 Å². The van der Waals surface area contributed by atoms with Crippen LogP contribution in [0.15, 0.2) is 72.8 Å². The van der Waals surface area contributed by atoms with E-state index in [9.17, 15) is 18.0 Å². The molecule has 4 rings (SSSR count). The van der Waals surface area contributed by atoms with Crippen LogP contribution in [0.2, 0.25) is 5.02 Å². The summed E-state index contributed by atoms with van der Waals surface area (Å²) in [5.41, 5.74) is 1.19. The lowest BCUT2D eigenvalue weighted by atomic mass is 10.1. The van der Waals surface area contributed by atoms with Gasteiger partial charge in [0.15, 0.2) is 5.82 Å². The second-order valence-electron chi connectivity index (χ2n) is 7.76. The molecule has 1 amide bonds. The number of nitrogens with zero attached hydrogens (tertiary/aromatic N) is 3. The van der Waals surface area contributed by atoms with Crippen LogP contribution in [-0.2, 0) is 10.9 Å². The van der Waals surface area contributed by atoms with Crippen molar-refractivity contribution in [2.24, 2.45) is 0 Å². The Balaban J connectivity index is 1.59. The van der Waals surface area contributed by atoms with Gasteiger partial charge in [0.25, 0.3) is 5.91 Å². The Morgan fingerprint density at radius 3 is 2.27 bits per heavy atom. The van der Waals surface area contributed by atoms with Gasteiger partial charge in [0.05, 0.1) is 17.9 Å². The SMILES string of the molecule is CCOCCOc1nc(-c2ccc(C(F)(F)F)cc2)n(-c2ccc(NC(=O)c3ccc(Cl)cc3)cc2)n1. The molecule has 0 radical (unpaired) electrons. The van der Waals surface area contributed by atoms with E-state index < -0.39 is 11.7 Å². The normalized spacial score (nSPS) is 11.4. The maximum Gasteiger partial charge on any atom is 0.416 e. The van der Waals surface area contributed by atoms with Gasteiger partial charge in [-0.3, -0.25) is 4.79 Å². The van der Waals surface area contributed by atoms with Crippen LogP contribution in [-0.4, -0.2) is 40.5 Å². The zero-order valence-electron chi connectivity index (χ0n) is 19.6. The monoisotopic (exact) mass is 530 g/mol. The lowest BCUT2D eigenvalue weighted by Gasteiger charge is -2.10. The molecular weight excluding hydrogens is 509 g/mol. The van der Waals surface area contributed by atoms with Crippen LogP contribution in [0.1, 0.15) is 22.8 Å². The summed E-state index contributed by atoms with van der Waals surface area (Å²) in [5.74, 6) is -0.0151. The molecule has 0 atom stereocenters. The van der Waals surface area contributed by atoms with Gasteiger partial charge in [0, 0.05) is 28.4 Å². The number of halogens is 4. The summed E-state index contributed by atoms with van der Waals surface area (Å²) in [6.07, 6.45) is -4.45. The van der Waals surface area contributed by atoms with E-state index in [4.69, 9.17) is 21.1 Å². The first kappa shape index (κ1) is 26.2. The predicted molar refractivity (Wildman–Crippen MR) is 133 cm³/mol. The summed E-state index contributed by atoms with van der Waals surface area (Å²) in [6.45, 7) is 2.93. The lowest BCUT2D eigenvalue weighted by Crippen LogP contribution is -2.11. The maximum atomic E-state index is 13.0. The standard InChI is InChI=1S/C26H22ClF3N4O3/c1-2-36-15-16-37-25-32-23(17-3-7-19(8-4-17)26(28,29)30)34(33-25)22-13-11-21(12-14-22)31-24(35)18-5-9-20(27)10-6-18/h3-14H,2,15-16H2,1H3,(H,31,35). The van der Waals surface area contributed by atoms with Gasteiger partial charge in [-0.2, -0.15) is 18.2 Å². The van der Waals surface area contributed by atoms with Crippen molar-refractivity contribution in [3.8, 4) is 23.1 Å². The third-order valence-electron chi connectivity index (χ3n) is 5.20. The van der Waals surface area contributed by atoms with Gasteiger partial charge in [-0.1, -0.05) is 23.7 Å². The average molecular weight is 531 g/mol. The second-order valence-corrected chi connectivity index (χ2v) is 8.19. The Hall–Kier alpha value is -3.89. The van der Waals surface area contributed by atoms with Crippen LogP contribution >= 0.6 is 11.6 Å². The highest BCUT2D eigenvalue weighted by Gasteiger charge is 2.30. The summed E-state index contributed by atoms with van der Waals surface area (Å²) in [7, 11) is 0. The molecular formula is C26H22ClF3N4O3. The van der Waals surface area contributed by atoms with E-state index >= 15 is 0 Å². The number of hydrogen-bond acceptors (Lipinski definition) is 5. The van der Waals surface area contributed by atoms with Crippen LogP contribution < -0.4 is 10.1 Å². The van der Waals surface area contributed by atoms with Crippen molar-refractivity contribution in [1.82, 2.24) is 14.8 Å². The average Bonchev–Trinajstić information content (AvgIpc) is 3.31. The van der Waals surface area contributed by atoms with Crippen LogP contribution in [0.25, 0.3) is 17.1 Å². The number of carbonyl (C=O) groups is 1. The molecule has 0 saturated heterocycles. The van der Waals surface area contributed by atoms with Crippen LogP contribution in [0.4, 0.5) is 18.9 Å². The van der Waals surface area contributed by atoms with Gasteiger partial charge >= 0.3 is 12.2 Å². The zero-order valence-corrected chi connectivity index (χ0v) is 20.4. The number of amides is 1. The first-order chi connectivity index (χ1) is 17.7. The highest BCUT2D eigenvalue weighted by Crippen LogP contribution is 2.31. The molecule has 0 aliphatic carbocycles. The van der Waals surface area contributed by atoms with Crippen molar-refractivity contribution in [2.45, 2.75) is 13.1 Å². The molecule has 1 heterocycles. The molecule has 11 heteroatoms. The van der Waals surface area contributed by atoms with E-state index in [-0.39, 0.29) is 24.3 Å². The van der Waals surface area contributed by atoms with Crippen LogP contribution in [0.5, 0.6) is 6.01 Å². The summed E-state index contributed by atoms with van der Waals surface area (Å²) in [6, 6.07) is 17.9. The minimum atomic E-state index is -4.45. The molecule has 0 unspecified atom stereocenters. The highest BCUT2D eigenvalue weighted by atomic mass is 35.5. The molecule has 3 aromatic carbocycles. The summed E-state index contributed by atoms with van der Waals surface area (Å²) < 4.78 is 51.4. The minimum absolute atomic E-state index is 0.0507. The molecule has 0 aliphatic heterocycles. The fourth-order valence-corrected chi connectivity index (χ4v) is 3.48. The van der Waals surface area contributed by atoms with E-state index in [1.54, 1.807) is 48.5 Å². The van der Waals surface area contributed by atoms with Crippen molar-refractivity contribution < 1.29 is 27.4 Å².